The number of nitrogens with one attached hydrogen (secondary N) is 2. The van der Waals surface area contributed by atoms with Gasteiger partial charge in [-0.1, -0.05) is 15.9 Å². The predicted molar refractivity (Wildman–Crippen MR) is 79.5 cm³/mol. The van der Waals surface area contributed by atoms with Crippen LogP contribution in [0.1, 0.15) is 27.7 Å². The van der Waals surface area contributed by atoms with Crippen LogP contribution >= 0.6 is 15.9 Å². The number of hydrogen-bond donors (Lipinski definition) is 3. The second-order valence-electron chi connectivity index (χ2n) is 5.34. The maximum Gasteiger partial charge on any atom is 0.242 e. The van der Waals surface area contributed by atoms with Crippen molar-refractivity contribution in [2.24, 2.45) is 0 Å². The molecule has 0 heterocycles. The first-order valence-corrected chi connectivity index (χ1v) is 6.62. The van der Waals surface area contributed by atoms with Crippen LogP contribution in [-0.2, 0) is 4.79 Å². The zero-order valence-electron chi connectivity index (χ0n) is 11.2. The first kappa shape index (κ1) is 14.8. The van der Waals surface area contributed by atoms with Gasteiger partial charge in [0.25, 0.3) is 0 Å². The van der Waals surface area contributed by atoms with Crippen LogP contribution in [-0.4, -0.2) is 17.5 Å². The smallest absolute Gasteiger partial charge is 0.242 e. The summed E-state index contributed by atoms with van der Waals surface area (Å²) in [6, 6.07) is 5.16. The van der Waals surface area contributed by atoms with Crippen LogP contribution in [0.2, 0.25) is 0 Å². The van der Waals surface area contributed by atoms with E-state index in [4.69, 9.17) is 5.73 Å². The molecule has 1 aromatic rings. The van der Waals surface area contributed by atoms with Gasteiger partial charge in [0.2, 0.25) is 5.91 Å². The summed E-state index contributed by atoms with van der Waals surface area (Å²) in [4.78, 5) is 11.9. The molecule has 100 valence electrons. The van der Waals surface area contributed by atoms with Gasteiger partial charge in [-0.05, 0) is 45.9 Å². The van der Waals surface area contributed by atoms with Gasteiger partial charge in [-0.15, -0.1) is 0 Å². The minimum absolute atomic E-state index is 0.0538. The second-order valence-corrected chi connectivity index (χ2v) is 6.25. The average molecular weight is 314 g/mol. The fourth-order valence-corrected chi connectivity index (χ4v) is 1.79. The van der Waals surface area contributed by atoms with Gasteiger partial charge < -0.3 is 16.4 Å². The van der Waals surface area contributed by atoms with Gasteiger partial charge in [-0.2, -0.15) is 0 Å². The normalized spacial score (nSPS) is 12.9. The molecule has 1 aromatic carbocycles. The van der Waals surface area contributed by atoms with Crippen LogP contribution in [0.15, 0.2) is 22.7 Å². The Labute approximate surface area is 116 Å². The highest BCUT2D eigenvalue weighted by atomic mass is 79.9. The maximum absolute atomic E-state index is 11.9. The SMILES string of the molecule is CC(Nc1cc(Br)ccc1N)C(=O)NC(C)(C)C. The van der Waals surface area contributed by atoms with E-state index in [1.54, 1.807) is 13.0 Å². The maximum atomic E-state index is 11.9. The lowest BCUT2D eigenvalue weighted by Gasteiger charge is -2.24. The number of hydrogen-bond acceptors (Lipinski definition) is 3. The third kappa shape index (κ3) is 4.56. The number of nitrogen functional groups attached to an aromatic ring is 1. The zero-order chi connectivity index (χ0) is 13.9. The fraction of sp³-hybridized carbons (Fsp3) is 0.462. The van der Waals surface area contributed by atoms with Crippen LogP contribution in [0.4, 0.5) is 11.4 Å². The first-order chi connectivity index (χ1) is 8.19. The van der Waals surface area contributed by atoms with E-state index in [-0.39, 0.29) is 17.5 Å². The lowest BCUT2D eigenvalue weighted by Crippen LogP contribution is -2.47. The number of nitrogens with two attached hydrogens (primary N) is 1. The number of halogens is 1. The minimum atomic E-state index is -0.346. The molecule has 0 aromatic heterocycles. The van der Waals surface area contributed by atoms with Crippen LogP contribution in [0.25, 0.3) is 0 Å². The molecule has 4 N–H and O–H groups in total. The molecule has 0 spiro atoms. The summed E-state index contributed by atoms with van der Waals surface area (Å²) in [6.07, 6.45) is 0. The highest BCUT2D eigenvalue weighted by molar-refractivity contribution is 9.10. The molecule has 0 aliphatic carbocycles. The Kier molecular flexibility index (Phi) is 4.62. The van der Waals surface area contributed by atoms with Crippen molar-refractivity contribution in [1.82, 2.24) is 5.32 Å². The van der Waals surface area contributed by atoms with Gasteiger partial charge in [-0.3, -0.25) is 4.79 Å². The van der Waals surface area contributed by atoms with Gasteiger partial charge in [0.1, 0.15) is 6.04 Å². The topological polar surface area (TPSA) is 67.1 Å². The van der Waals surface area contributed by atoms with Crippen molar-refractivity contribution >= 4 is 33.2 Å². The molecule has 0 radical (unpaired) electrons. The third-order valence-corrected chi connectivity index (χ3v) is 2.77. The van der Waals surface area contributed by atoms with E-state index >= 15 is 0 Å². The molecule has 0 aliphatic heterocycles. The van der Waals surface area contributed by atoms with E-state index in [0.717, 1.165) is 10.2 Å². The second kappa shape index (κ2) is 5.61. The number of amides is 1. The van der Waals surface area contributed by atoms with Crippen molar-refractivity contribution in [1.29, 1.82) is 0 Å². The molecule has 5 heteroatoms. The summed E-state index contributed by atoms with van der Waals surface area (Å²) in [7, 11) is 0. The number of anilines is 2. The summed E-state index contributed by atoms with van der Waals surface area (Å²) < 4.78 is 0.919. The quantitative estimate of drug-likeness (QED) is 0.752. The van der Waals surface area contributed by atoms with E-state index in [9.17, 15) is 4.79 Å². The van der Waals surface area contributed by atoms with Gasteiger partial charge in [0.05, 0.1) is 11.4 Å². The molecule has 0 fully saturated rings. The van der Waals surface area contributed by atoms with Gasteiger partial charge in [0, 0.05) is 10.0 Å². The largest absolute Gasteiger partial charge is 0.397 e. The van der Waals surface area contributed by atoms with E-state index in [0.29, 0.717) is 5.69 Å². The first-order valence-electron chi connectivity index (χ1n) is 5.82. The Bertz CT molecular complexity index is 440. The molecule has 4 nitrogen and oxygen atoms in total. The van der Waals surface area contributed by atoms with E-state index in [2.05, 4.69) is 26.6 Å². The van der Waals surface area contributed by atoms with Crippen molar-refractivity contribution in [2.45, 2.75) is 39.3 Å². The molecule has 1 atom stereocenters. The van der Waals surface area contributed by atoms with Crippen LogP contribution in [0, 0.1) is 0 Å². The van der Waals surface area contributed by atoms with Crippen LogP contribution in [0.3, 0.4) is 0 Å². The van der Waals surface area contributed by atoms with Gasteiger partial charge in [0.15, 0.2) is 0 Å². The molecule has 1 rings (SSSR count). The van der Waals surface area contributed by atoms with Gasteiger partial charge >= 0.3 is 0 Å². The number of carbonyl (C=O) groups excluding carboxylic acids is 1. The lowest BCUT2D eigenvalue weighted by atomic mass is 10.1. The lowest BCUT2D eigenvalue weighted by molar-refractivity contribution is -0.122. The van der Waals surface area contributed by atoms with E-state index in [1.807, 2.05) is 32.9 Å². The average Bonchev–Trinajstić information content (AvgIpc) is 2.21. The summed E-state index contributed by atoms with van der Waals surface area (Å²) in [5.41, 5.74) is 6.98. The minimum Gasteiger partial charge on any atom is -0.397 e. The Hall–Kier alpha value is -1.23. The van der Waals surface area contributed by atoms with E-state index in [1.165, 1.54) is 0 Å². The Morgan fingerprint density at radius 3 is 2.56 bits per heavy atom. The van der Waals surface area contributed by atoms with Gasteiger partial charge in [-0.25, -0.2) is 0 Å². The molecule has 0 saturated carbocycles. The molecule has 1 amide bonds. The van der Waals surface area contributed by atoms with Crippen molar-refractivity contribution < 1.29 is 4.79 Å². The molecule has 1 unspecified atom stereocenters. The fourth-order valence-electron chi connectivity index (χ4n) is 1.43. The Morgan fingerprint density at radius 1 is 1.39 bits per heavy atom. The summed E-state index contributed by atoms with van der Waals surface area (Å²) in [5.74, 6) is -0.0538. The number of rotatable bonds is 3. The van der Waals surface area contributed by atoms with Crippen molar-refractivity contribution in [2.75, 3.05) is 11.1 Å². The predicted octanol–water partition coefficient (Wildman–Crippen LogP) is 2.75. The molecule has 0 saturated heterocycles. The number of carbonyl (C=O) groups is 1. The molecular weight excluding hydrogens is 294 g/mol. The summed E-state index contributed by atoms with van der Waals surface area (Å²) in [6.45, 7) is 7.66. The highest BCUT2D eigenvalue weighted by Crippen LogP contribution is 2.23. The Balaban J connectivity index is 2.72. The van der Waals surface area contributed by atoms with Crippen molar-refractivity contribution in [3.05, 3.63) is 22.7 Å². The number of benzene rings is 1. The molecule has 0 aliphatic rings. The highest BCUT2D eigenvalue weighted by Gasteiger charge is 2.19. The van der Waals surface area contributed by atoms with Crippen LogP contribution < -0.4 is 16.4 Å². The molecule has 18 heavy (non-hydrogen) atoms. The van der Waals surface area contributed by atoms with E-state index < -0.39 is 0 Å². The monoisotopic (exact) mass is 313 g/mol. The van der Waals surface area contributed by atoms with Crippen LogP contribution in [0.5, 0.6) is 0 Å². The summed E-state index contributed by atoms with van der Waals surface area (Å²) >= 11 is 3.38. The van der Waals surface area contributed by atoms with Crippen molar-refractivity contribution in [3.63, 3.8) is 0 Å². The molecular formula is C13H20BrN3O. The molecule has 0 bridgehead atoms. The zero-order valence-corrected chi connectivity index (χ0v) is 12.8. The standard InChI is InChI=1S/C13H20BrN3O/c1-8(12(18)17-13(2,3)4)16-11-7-9(14)5-6-10(11)15/h5-8,16H,15H2,1-4H3,(H,17,18). The third-order valence-electron chi connectivity index (χ3n) is 2.28. The van der Waals surface area contributed by atoms with Crippen molar-refractivity contribution in [3.8, 4) is 0 Å². The summed E-state index contributed by atoms with van der Waals surface area (Å²) in [5, 5.41) is 6.03. The Morgan fingerprint density at radius 2 is 2.00 bits per heavy atom.